The predicted molar refractivity (Wildman–Crippen MR) is 144 cm³/mol. The number of ether oxygens (including phenoxy) is 1. The molecule has 1 saturated heterocycles. The molecule has 3 aliphatic rings. The van der Waals surface area contributed by atoms with Gasteiger partial charge < -0.3 is 25.9 Å². The van der Waals surface area contributed by atoms with E-state index in [0.717, 1.165) is 32.2 Å². The third-order valence-electron chi connectivity index (χ3n) is 7.84. The fourth-order valence-electron chi connectivity index (χ4n) is 5.56. The van der Waals surface area contributed by atoms with Gasteiger partial charge in [0, 0.05) is 24.1 Å². The van der Waals surface area contributed by atoms with E-state index in [9.17, 15) is 14.7 Å². The van der Waals surface area contributed by atoms with Crippen LogP contribution in [0.3, 0.4) is 0 Å². The van der Waals surface area contributed by atoms with E-state index in [4.69, 9.17) is 15.9 Å². The lowest BCUT2D eigenvalue weighted by Gasteiger charge is -2.38. The molecular weight excluding hydrogens is 486 g/mol. The first-order valence-corrected chi connectivity index (χ1v) is 13.5. The second-order valence-corrected chi connectivity index (χ2v) is 10.7. The zero-order chi connectivity index (χ0) is 27.3. The van der Waals surface area contributed by atoms with E-state index in [-0.39, 0.29) is 53.0 Å². The summed E-state index contributed by atoms with van der Waals surface area (Å²) in [6, 6.07) is 1.82. The summed E-state index contributed by atoms with van der Waals surface area (Å²) in [5.74, 6) is 0.182. The number of nitrogens with two attached hydrogens (primary N) is 1. The molecule has 0 amide bonds. The number of carbonyl (C=O) groups is 2. The van der Waals surface area contributed by atoms with E-state index in [1.165, 1.54) is 6.21 Å². The van der Waals surface area contributed by atoms with Gasteiger partial charge in [-0.3, -0.25) is 15.0 Å². The van der Waals surface area contributed by atoms with Crippen LogP contribution in [0.4, 0.5) is 0 Å². The van der Waals surface area contributed by atoms with E-state index in [1.54, 1.807) is 13.0 Å². The molecule has 3 atom stereocenters. The highest BCUT2D eigenvalue weighted by Gasteiger charge is 2.49. The van der Waals surface area contributed by atoms with Crippen LogP contribution in [0.2, 0.25) is 0 Å². The van der Waals surface area contributed by atoms with Crippen molar-refractivity contribution in [2.45, 2.75) is 76.9 Å². The Morgan fingerprint density at radius 3 is 2.82 bits per heavy atom. The molecule has 0 bridgehead atoms. The number of hydrogen-bond acceptors (Lipinski definition) is 11. The highest BCUT2D eigenvalue weighted by molar-refractivity contribution is 6.36. The number of aromatic nitrogens is 2. The minimum Gasteiger partial charge on any atom is -0.476 e. The number of aliphatic hydroxyl groups excluding tert-OH is 1. The van der Waals surface area contributed by atoms with E-state index in [1.807, 2.05) is 0 Å². The van der Waals surface area contributed by atoms with Crippen LogP contribution < -0.4 is 15.9 Å². The molecule has 38 heavy (non-hydrogen) atoms. The Bertz CT molecular complexity index is 1130. The topological polar surface area (TPSA) is 167 Å². The molecule has 1 aromatic heterocycles. The van der Waals surface area contributed by atoms with Gasteiger partial charge in [-0.15, -0.1) is 0 Å². The van der Waals surface area contributed by atoms with E-state index >= 15 is 0 Å². The second-order valence-electron chi connectivity index (χ2n) is 10.7. The number of carbonyl (C=O) groups excluding carboxylic acids is 2. The van der Waals surface area contributed by atoms with Crippen LogP contribution in [0.15, 0.2) is 16.7 Å². The number of likely N-dealkylation sites (N-methyl/N-ethyl adjacent to an activating group) is 1. The molecule has 5 N–H and O–H groups in total. The smallest absolute Gasteiger partial charge is 0.217 e. The van der Waals surface area contributed by atoms with Gasteiger partial charge in [0.15, 0.2) is 11.6 Å². The molecule has 206 valence electrons. The summed E-state index contributed by atoms with van der Waals surface area (Å²) in [6.45, 7) is 3.31. The zero-order valence-corrected chi connectivity index (χ0v) is 22.3. The number of rotatable bonds is 9. The number of nitrogens with one attached hydrogen (secondary N) is 2. The van der Waals surface area contributed by atoms with Crippen LogP contribution >= 0.6 is 0 Å². The monoisotopic (exact) mass is 525 g/mol. The van der Waals surface area contributed by atoms with Crippen molar-refractivity contribution in [2.75, 3.05) is 26.7 Å². The molecule has 1 aliphatic heterocycles. The Labute approximate surface area is 223 Å². The third kappa shape index (κ3) is 6.10. The SMILES string of the molecule is C[C@H](O)CN/N=C\C(=N)c1cc(OC[C@@H]2CCCN2C)nc(/C(N)=C2\CCC[C@@]3(CCCCC3=O)C2=O)n1. The molecule has 2 heterocycles. The summed E-state index contributed by atoms with van der Waals surface area (Å²) < 4.78 is 6.04. The minimum absolute atomic E-state index is 0.0127. The van der Waals surface area contributed by atoms with Crippen LogP contribution in [-0.4, -0.2) is 82.4 Å². The maximum Gasteiger partial charge on any atom is 0.217 e. The van der Waals surface area contributed by atoms with Crippen LogP contribution in [0.1, 0.15) is 76.2 Å². The lowest BCUT2D eigenvalue weighted by Crippen LogP contribution is -2.45. The molecule has 2 aliphatic carbocycles. The van der Waals surface area contributed by atoms with Crippen molar-refractivity contribution in [2.24, 2.45) is 16.3 Å². The molecule has 2 saturated carbocycles. The van der Waals surface area contributed by atoms with Gasteiger partial charge in [-0.1, -0.05) is 6.42 Å². The minimum atomic E-state index is -0.977. The number of hydrazone groups is 1. The highest BCUT2D eigenvalue weighted by atomic mass is 16.5. The number of Topliss-reactive ketones (excluding diaryl/α,β-unsaturated/α-hetero) is 2. The molecular formula is C27H39N7O4. The number of allylic oxidation sites excluding steroid dienone is 1. The standard InChI is InChI=1S/C27H39N7O4/c1-17(35)14-30-31-15-20(28)21-13-23(38-16-18-7-6-12-34(18)2)33-26(32-21)24(29)19-8-5-11-27(25(19)37)10-4-3-9-22(27)36/h13,15,17-18,28,30,35H,3-12,14,16,29H2,1-2H3/b24-19-,28-20?,31-15-/t17-,18-,27+/m0/s1. The van der Waals surface area contributed by atoms with E-state index in [0.29, 0.717) is 44.3 Å². The van der Waals surface area contributed by atoms with Crippen molar-refractivity contribution in [3.63, 3.8) is 0 Å². The molecule has 11 heteroatoms. The Morgan fingerprint density at radius 2 is 2.11 bits per heavy atom. The van der Waals surface area contributed by atoms with Crippen molar-refractivity contribution in [1.82, 2.24) is 20.3 Å². The molecule has 1 spiro atoms. The molecule has 4 rings (SSSR count). The summed E-state index contributed by atoms with van der Waals surface area (Å²) in [6.07, 6.45) is 7.21. The lowest BCUT2D eigenvalue weighted by molar-refractivity contribution is -0.143. The number of likely N-dealkylation sites (tertiary alicyclic amines) is 1. The first-order chi connectivity index (χ1) is 18.2. The fraction of sp³-hybridized carbons (Fsp3) is 0.630. The van der Waals surface area contributed by atoms with Crippen molar-refractivity contribution in [3.05, 3.63) is 23.2 Å². The van der Waals surface area contributed by atoms with Crippen LogP contribution in [-0.2, 0) is 9.59 Å². The lowest BCUT2D eigenvalue weighted by atomic mass is 9.62. The first kappa shape index (κ1) is 27.8. The third-order valence-corrected chi connectivity index (χ3v) is 7.84. The van der Waals surface area contributed by atoms with Gasteiger partial charge in [-0.2, -0.15) is 10.1 Å². The molecule has 0 aromatic carbocycles. The van der Waals surface area contributed by atoms with Crippen molar-refractivity contribution < 1.29 is 19.4 Å². The fourth-order valence-corrected chi connectivity index (χ4v) is 5.56. The van der Waals surface area contributed by atoms with E-state index < -0.39 is 11.5 Å². The van der Waals surface area contributed by atoms with Crippen molar-refractivity contribution in [1.29, 1.82) is 5.41 Å². The Hall–Kier alpha value is -3.18. The molecule has 11 nitrogen and oxygen atoms in total. The first-order valence-electron chi connectivity index (χ1n) is 13.5. The predicted octanol–water partition coefficient (Wildman–Crippen LogP) is 1.83. The van der Waals surface area contributed by atoms with Gasteiger partial charge in [0.05, 0.1) is 35.7 Å². The number of hydrogen-bond donors (Lipinski definition) is 4. The summed E-state index contributed by atoms with van der Waals surface area (Å²) in [4.78, 5) is 37.8. The molecule has 3 fully saturated rings. The summed E-state index contributed by atoms with van der Waals surface area (Å²) in [7, 11) is 2.06. The largest absolute Gasteiger partial charge is 0.476 e. The normalized spacial score (nSPS) is 26.7. The van der Waals surface area contributed by atoms with Gasteiger partial charge in [-0.25, -0.2) is 4.98 Å². The Balaban J connectivity index is 1.65. The van der Waals surface area contributed by atoms with Gasteiger partial charge >= 0.3 is 0 Å². The Kier molecular flexibility index (Phi) is 8.88. The van der Waals surface area contributed by atoms with Gasteiger partial charge in [-0.05, 0) is 65.5 Å². The maximum absolute atomic E-state index is 13.7. The summed E-state index contributed by atoms with van der Waals surface area (Å²) in [5.41, 5.74) is 9.01. The second kappa shape index (κ2) is 12.1. The molecule has 0 radical (unpaired) electrons. The number of ketones is 2. The zero-order valence-electron chi connectivity index (χ0n) is 22.3. The summed E-state index contributed by atoms with van der Waals surface area (Å²) in [5, 5.41) is 21.8. The number of aliphatic hydroxyl groups is 1. The average Bonchev–Trinajstić information content (AvgIpc) is 3.32. The van der Waals surface area contributed by atoms with Crippen molar-refractivity contribution >= 4 is 29.2 Å². The molecule has 1 aromatic rings. The van der Waals surface area contributed by atoms with Gasteiger partial charge in [0.1, 0.15) is 18.1 Å². The maximum atomic E-state index is 13.7. The van der Waals surface area contributed by atoms with Crippen LogP contribution in [0, 0.1) is 10.8 Å². The van der Waals surface area contributed by atoms with Gasteiger partial charge in [0.25, 0.3) is 0 Å². The average molecular weight is 526 g/mol. The quantitative estimate of drug-likeness (QED) is 0.163. The Morgan fingerprint density at radius 1 is 1.32 bits per heavy atom. The molecule has 0 unspecified atom stereocenters. The van der Waals surface area contributed by atoms with Crippen molar-refractivity contribution in [3.8, 4) is 5.88 Å². The highest BCUT2D eigenvalue weighted by Crippen LogP contribution is 2.45. The number of nitrogens with zero attached hydrogens (tertiary/aromatic N) is 4. The van der Waals surface area contributed by atoms with E-state index in [2.05, 4.69) is 32.4 Å². The van der Waals surface area contributed by atoms with Gasteiger partial charge in [0.2, 0.25) is 5.88 Å². The van der Waals surface area contributed by atoms with Crippen LogP contribution in [0.25, 0.3) is 5.70 Å². The van der Waals surface area contributed by atoms with Crippen LogP contribution in [0.5, 0.6) is 5.88 Å². The summed E-state index contributed by atoms with van der Waals surface area (Å²) >= 11 is 0.